The van der Waals surface area contributed by atoms with Crippen molar-refractivity contribution in [3.05, 3.63) is 70.5 Å². The van der Waals surface area contributed by atoms with Crippen LogP contribution in [0.5, 0.6) is 0 Å². The van der Waals surface area contributed by atoms with Gasteiger partial charge >= 0.3 is 0 Å². The molecule has 1 aliphatic rings. The number of nitrogens with one attached hydrogen (secondary N) is 1. The largest absolute Gasteiger partial charge is 0.351 e. The number of carbonyl (C=O) groups excluding carboxylic acids is 2. The number of amides is 2. The van der Waals surface area contributed by atoms with Crippen molar-refractivity contribution < 1.29 is 14.0 Å². The number of hydrogen-bond donors (Lipinski definition) is 1. The number of hydrogen-bond acceptors (Lipinski definition) is 2. The topological polar surface area (TPSA) is 49.4 Å². The number of alkyl halides is 1. The van der Waals surface area contributed by atoms with Gasteiger partial charge in [0.05, 0.1) is 0 Å². The minimum atomic E-state index is -0.877. The molecule has 3 rings (SSSR count). The zero-order valence-corrected chi connectivity index (χ0v) is 19.5. The highest BCUT2D eigenvalue weighted by molar-refractivity contribution is 6.30. The number of benzene rings is 2. The van der Waals surface area contributed by atoms with Crippen molar-refractivity contribution in [2.24, 2.45) is 0 Å². The highest BCUT2D eigenvalue weighted by Gasteiger charge is 2.32. The first-order valence-electron chi connectivity index (χ1n) is 11.1. The third-order valence-electron chi connectivity index (χ3n) is 5.94. The molecule has 2 aromatic carbocycles. The molecule has 4 nitrogen and oxygen atoms in total. The second-order valence-electron chi connectivity index (χ2n) is 8.25. The quantitative estimate of drug-likeness (QED) is 0.392. The van der Waals surface area contributed by atoms with E-state index in [2.05, 4.69) is 5.32 Å². The predicted molar refractivity (Wildman–Crippen MR) is 126 cm³/mol. The van der Waals surface area contributed by atoms with E-state index < -0.39 is 11.9 Å². The van der Waals surface area contributed by atoms with E-state index >= 15 is 0 Å². The van der Waals surface area contributed by atoms with E-state index in [4.69, 9.17) is 23.2 Å². The van der Waals surface area contributed by atoms with Crippen LogP contribution in [0.4, 0.5) is 4.39 Å². The summed E-state index contributed by atoms with van der Waals surface area (Å²) in [7, 11) is 0. The van der Waals surface area contributed by atoms with Gasteiger partial charge in [-0.05, 0) is 54.7 Å². The summed E-state index contributed by atoms with van der Waals surface area (Å²) in [4.78, 5) is 27.8. The minimum Gasteiger partial charge on any atom is -0.351 e. The Hall–Kier alpha value is -2.11. The fraction of sp³-hybridized carbons (Fsp3) is 0.440. The molecule has 0 unspecified atom stereocenters. The Labute approximate surface area is 199 Å². The second kappa shape index (κ2) is 12.2. The van der Waals surface area contributed by atoms with Gasteiger partial charge in [-0.2, -0.15) is 0 Å². The highest BCUT2D eigenvalue weighted by Crippen LogP contribution is 2.25. The van der Waals surface area contributed by atoms with Crippen molar-refractivity contribution in [1.29, 1.82) is 0 Å². The minimum absolute atomic E-state index is 0.0807. The van der Waals surface area contributed by atoms with Gasteiger partial charge in [-0.25, -0.2) is 4.39 Å². The molecule has 0 spiro atoms. The van der Waals surface area contributed by atoms with Crippen molar-refractivity contribution >= 4 is 35.0 Å². The second-order valence-corrected chi connectivity index (χ2v) is 8.95. The number of rotatable bonds is 8. The molecular formula is C25H29Cl2FN2O2. The van der Waals surface area contributed by atoms with E-state index in [1.165, 1.54) is 29.9 Å². The van der Waals surface area contributed by atoms with Crippen LogP contribution >= 0.6 is 23.2 Å². The maximum absolute atomic E-state index is 13.6. The van der Waals surface area contributed by atoms with Gasteiger partial charge in [0, 0.05) is 17.6 Å². The Morgan fingerprint density at radius 3 is 2.22 bits per heavy atom. The average molecular weight is 479 g/mol. The Morgan fingerprint density at radius 2 is 1.62 bits per heavy atom. The summed E-state index contributed by atoms with van der Waals surface area (Å²) < 4.78 is 13.6. The first-order chi connectivity index (χ1) is 15.5. The summed E-state index contributed by atoms with van der Waals surface area (Å²) in [6.07, 6.45) is 6.89. The van der Waals surface area contributed by atoms with Gasteiger partial charge in [-0.15, -0.1) is 11.6 Å². The third-order valence-corrected chi connectivity index (χ3v) is 6.42. The molecule has 32 heavy (non-hydrogen) atoms. The number of halogens is 3. The van der Waals surface area contributed by atoms with Crippen LogP contribution in [0.2, 0.25) is 5.02 Å². The van der Waals surface area contributed by atoms with E-state index in [1.54, 1.807) is 24.3 Å². The number of carbonyl (C=O) groups is 2. The smallest absolute Gasteiger partial charge is 0.247 e. The molecule has 1 N–H and O–H groups in total. The molecule has 1 saturated carbocycles. The maximum atomic E-state index is 13.6. The molecule has 1 fully saturated rings. The van der Waals surface area contributed by atoms with Gasteiger partial charge in [0.15, 0.2) is 0 Å². The molecule has 172 valence electrons. The van der Waals surface area contributed by atoms with Crippen LogP contribution in [0, 0.1) is 5.82 Å². The monoisotopic (exact) mass is 478 g/mol. The van der Waals surface area contributed by atoms with E-state index in [0.717, 1.165) is 31.2 Å². The first-order valence-corrected chi connectivity index (χ1v) is 12.0. The van der Waals surface area contributed by atoms with Crippen LogP contribution < -0.4 is 5.32 Å². The first kappa shape index (κ1) is 24.5. The lowest BCUT2D eigenvalue weighted by atomic mass is 10.0. The third kappa shape index (κ3) is 6.94. The lowest BCUT2D eigenvalue weighted by Gasteiger charge is -2.32. The summed E-state index contributed by atoms with van der Waals surface area (Å²) in [6.45, 7) is 0.299. The Bertz CT molecular complexity index is 882. The lowest BCUT2D eigenvalue weighted by molar-refractivity contribution is -0.139. The molecular weight excluding hydrogens is 450 g/mol. The van der Waals surface area contributed by atoms with Crippen molar-refractivity contribution in [3.63, 3.8) is 0 Å². The van der Waals surface area contributed by atoms with Gasteiger partial charge < -0.3 is 10.2 Å². The van der Waals surface area contributed by atoms with Crippen molar-refractivity contribution in [3.8, 4) is 0 Å². The zero-order valence-electron chi connectivity index (χ0n) is 18.0. The van der Waals surface area contributed by atoms with E-state index in [9.17, 15) is 14.0 Å². The Kier molecular flexibility index (Phi) is 9.36. The molecule has 1 aliphatic carbocycles. The number of nitrogens with zero attached hydrogens (tertiary/aromatic N) is 1. The molecule has 0 bridgehead atoms. The van der Waals surface area contributed by atoms with Gasteiger partial charge in [0.1, 0.15) is 17.7 Å². The SMILES string of the molecule is O=C(NC1CCCCCC1)[C@H](c1ccc(F)cc1)N(CCc1ccc(Cl)cc1)C(=O)CCl. The van der Waals surface area contributed by atoms with Crippen molar-refractivity contribution in [1.82, 2.24) is 10.2 Å². The summed E-state index contributed by atoms with van der Waals surface area (Å²) in [5, 5.41) is 3.78. The van der Waals surface area contributed by atoms with Crippen molar-refractivity contribution in [2.75, 3.05) is 12.4 Å². The van der Waals surface area contributed by atoms with E-state index in [1.807, 2.05) is 12.1 Å². The Morgan fingerprint density at radius 1 is 1.00 bits per heavy atom. The molecule has 0 aliphatic heterocycles. The van der Waals surface area contributed by atoms with Crippen LogP contribution in [0.15, 0.2) is 48.5 Å². The summed E-state index contributed by atoms with van der Waals surface area (Å²) in [5.41, 5.74) is 1.55. The molecule has 0 aromatic heterocycles. The molecule has 7 heteroatoms. The predicted octanol–water partition coefficient (Wildman–Crippen LogP) is 5.67. The van der Waals surface area contributed by atoms with Crippen LogP contribution in [-0.2, 0) is 16.0 Å². The fourth-order valence-electron chi connectivity index (χ4n) is 4.20. The van der Waals surface area contributed by atoms with Crippen LogP contribution in [0.1, 0.15) is 55.7 Å². The van der Waals surface area contributed by atoms with Gasteiger partial charge in [0.25, 0.3) is 0 Å². The molecule has 2 aromatic rings. The van der Waals surface area contributed by atoms with Crippen molar-refractivity contribution in [2.45, 2.75) is 57.0 Å². The molecule has 0 heterocycles. The summed E-state index contributed by atoms with van der Waals surface area (Å²) >= 11 is 11.9. The van der Waals surface area contributed by atoms with Crippen LogP contribution in [0.25, 0.3) is 0 Å². The fourth-order valence-corrected chi connectivity index (χ4v) is 4.48. The molecule has 0 saturated heterocycles. The molecule has 1 atom stereocenters. The summed E-state index contributed by atoms with van der Waals surface area (Å²) in [5.74, 6) is -1.23. The maximum Gasteiger partial charge on any atom is 0.247 e. The molecule has 2 amide bonds. The van der Waals surface area contributed by atoms with Gasteiger partial charge in [-0.1, -0.05) is 61.5 Å². The average Bonchev–Trinajstić information content (AvgIpc) is 3.06. The Balaban J connectivity index is 1.85. The lowest BCUT2D eigenvalue weighted by Crippen LogP contribution is -2.47. The van der Waals surface area contributed by atoms with Gasteiger partial charge in [-0.3, -0.25) is 9.59 Å². The zero-order chi connectivity index (χ0) is 22.9. The molecule has 0 radical (unpaired) electrons. The van der Waals surface area contributed by atoms with Gasteiger partial charge in [0.2, 0.25) is 11.8 Å². The van der Waals surface area contributed by atoms with E-state index in [-0.39, 0.29) is 23.7 Å². The highest BCUT2D eigenvalue weighted by atomic mass is 35.5. The summed E-state index contributed by atoms with van der Waals surface area (Å²) in [6, 6.07) is 12.3. The van der Waals surface area contributed by atoms with Crippen LogP contribution in [0.3, 0.4) is 0 Å². The van der Waals surface area contributed by atoms with E-state index in [0.29, 0.717) is 23.6 Å². The normalized spacial score (nSPS) is 15.6. The van der Waals surface area contributed by atoms with Crippen LogP contribution in [-0.4, -0.2) is 35.2 Å². The standard InChI is InChI=1S/C25H29Cl2FN2O2/c26-17-23(31)30(16-15-18-7-11-20(27)12-8-18)24(19-9-13-21(28)14-10-19)25(32)29-22-5-3-1-2-4-6-22/h7-14,22,24H,1-6,15-17H2,(H,29,32)/t24-/m0/s1.